The van der Waals surface area contributed by atoms with Gasteiger partial charge in [-0.15, -0.1) is 0 Å². The molecule has 0 bridgehead atoms. The van der Waals surface area contributed by atoms with Crippen molar-refractivity contribution in [2.75, 3.05) is 13.1 Å². The van der Waals surface area contributed by atoms with E-state index >= 15 is 0 Å². The second kappa shape index (κ2) is 7.27. The minimum Gasteiger partial charge on any atom is -0.507 e. The third-order valence-electron chi connectivity index (χ3n) is 5.54. The van der Waals surface area contributed by atoms with E-state index in [0.717, 1.165) is 29.9 Å². The molecule has 1 aliphatic heterocycles. The molecule has 1 aromatic carbocycles. The summed E-state index contributed by atoms with van der Waals surface area (Å²) in [4.78, 5) is 7.24. The fourth-order valence-corrected chi connectivity index (χ4v) is 4.06. The molecule has 1 N–H and O–H groups in total. The number of hydrogen-bond donors (Lipinski definition) is 1. The molecular weight excluding hydrogens is 332 g/mol. The Kier molecular flexibility index (Phi) is 5.36. The molecule has 3 heteroatoms. The summed E-state index contributed by atoms with van der Waals surface area (Å²) < 4.78 is 0. The van der Waals surface area contributed by atoms with Crippen LogP contribution < -0.4 is 0 Å². The van der Waals surface area contributed by atoms with Crippen LogP contribution in [0.1, 0.15) is 82.8 Å². The number of phenols is 1. The summed E-state index contributed by atoms with van der Waals surface area (Å²) in [6.07, 6.45) is 4.35. The quantitative estimate of drug-likeness (QED) is 0.772. The van der Waals surface area contributed by atoms with Gasteiger partial charge in [-0.25, -0.2) is 0 Å². The predicted molar refractivity (Wildman–Crippen MR) is 112 cm³/mol. The number of aromatic hydroxyl groups is 1. The molecule has 1 atom stereocenters. The first-order valence-corrected chi connectivity index (χ1v) is 10.1. The van der Waals surface area contributed by atoms with Gasteiger partial charge in [0.25, 0.3) is 0 Å². The van der Waals surface area contributed by atoms with Gasteiger partial charge in [0, 0.05) is 6.20 Å². The van der Waals surface area contributed by atoms with Crippen LogP contribution in [0, 0.1) is 0 Å². The molecule has 0 radical (unpaired) electrons. The first-order valence-electron chi connectivity index (χ1n) is 10.1. The third kappa shape index (κ3) is 4.19. The van der Waals surface area contributed by atoms with Gasteiger partial charge in [-0.2, -0.15) is 0 Å². The number of pyridine rings is 1. The summed E-state index contributed by atoms with van der Waals surface area (Å²) >= 11 is 0. The van der Waals surface area contributed by atoms with Gasteiger partial charge in [0.15, 0.2) is 0 Å². The average Bonchev–Trinajstić information content (AvgIpc) is 3.09. The number of hydrogen-bond acceptors (Lipinski definition) is 3. The van der Waals surface area contributed by atoms with Crippen molar-refractivity contribution in [2.24, 2.45) is 0 Å². The van der Waals surface area contributed by atoms with Crippen LogP contribution >= 0.6 is 0 Å². The lowest BCUT2D eigenvalue weighted by Crippen LogP contribution is -2.28. The largest absolute Gasteiger partial charge is 0.507 e. The van der Waals surface area contributed by atoms with E-state index in [9.17, 15) is 5.11 Å². The summed E-state index contributed by atoms with van der Waals surface area (Å²) in [5, 5.41) is 11.1. The smallest absolute Gasteiger partial charge is 0.123 e. The van der Waals surface area contributed by atoms with Crippen molar-refractivity contribution in [3.63, 3.8) is 0 Å². The molecule has 0 amide bonds. The van der Waals surface area contributed by atoms with Crippen molar-refractivity contribution in [1.82, 2.24) is 9.88 Å². The van der Waals surface area contributed by atoms with Gasteiger partial charge in [-0.05, 0) is 77.7 Å². The van der Waals surface area contributed by atoms with Crippen LogP contribution in [-0.4, -0.2) is 28.1 Å². The van der Waals surface area contributed by atoms with E-state index < -0.39 is 0 Å². The van der Waals surface area contributed by atoms with Crippen LogP contribution in [0.3, 0.4) is 0 Å². The Morgan fingerprint density at radius 3 is 1.93 bits per heavy atom. The van der Waals surface area contributed by atoms with Crippen LogP contribution in [0.4, 0.5) is 0 Å². The zero-order valence-electron chi connectivity index (χ0n) is 17.7. The third-order valence-corrected chi connectivity index (χ3v) is 5.54. The Balaban J connectivity index is 2.22. The van der Waals surface area contributed by atoms with E-state index in [1.54, 1.807) is 0 Å². The molecule has 1 saturated heterocycles. The molecule has 0 aliphatic carbocycles. The second-order valence-electron chi connectivity index (χ2n) is 9.86. The molecule has 1 aliphatic rings. The van der Waals surface area contributed by atoms with Crippen LogP contribution in [0.5, 0.6) is 5.75 Å². The Bertz CT molecular complexity index is 743. The standard InChI is InChI=1S/C24H34N2O/c1-23(2,3)18-15-17(16-19(22(18)27)24(4,5)6)21(26-13-9-10-14-26)20-11-7-8-12-25-20/h7-8,11-12,15-16,21,27H,9-10,13-14H2,1-6H3/t21-/m1/s1. The highest BCUT2D eigenvalue weighted by molar-refractivity contribution is 5.51. The van der Waals surface area contributed by atoms with Crippen molar-refractivity contribution in [1.29, 1.82) is 0 Å². The van der Waals surface area contributed by atoms with Crippen molar-refractivity contribution >= 4 is 0 Å². The number of likely N-dealkylation sites (tertiary alicyclic amines) is 1. The maximum atomic E-state index is 11.1. The van der Waals surface area contributed by atoms with E-state index in [-0.39, 0.29) is 16.9 Å². The summed E-state index contributed by atoms with van der Waals surface area (Å²) in [5.41, 5.74) is 4.11. The molecule has 0 spiro atoms. The minimum absolute atomic E-state index is 0.125. The monoisotopic (exact) mass is 366 g/mol. The number of rotatable bonds is 3. The van der Waals surface area contributed by atoms with E-state index in [1.165, 1.54) is 18.4 Å². The fourth-order valence-electron chi connectivity index (χ4n) is 4.06. The zero-order chi connectivity index (χ0) is 19.8. The normalized spacial score (nSPS) is 17.3. The van der Waals surface area contributed by atoms with Gasteiger partial charge in [0.05, 0.1) is 11.7 Å². The van der Waals surface area contributed by atoms with Crippen LogP contribution in [0.2, 0.25) is 0 Å². The average molecular weight is 367 g/mol. The van der Waals surface area contributed by atoms with Gasteiger partial charge >= 0.3 is 0 Å². The van der Waals surface area contributed by atoms with E-state index in [4.69, 9.17) is 4.98 Å². The first-order chi connectivity index (χ1) is 12.6. The van der Waals surface area contributed by atoms with Crippen LogP contribution in [0.25, 0.3) is 0 Å². The van der Waals surface area contributed by atoms with Gasteiger partial charge in [-0.1, -0.05) is 47.6 Å². The Hall–Kier alpha value is -1.87. The van der Waals surface area contributed by atoms with Crippen molar-refractivity contribution in [3.05, 3.63) is 58.9 Å². The highest BCUT2D eigenvalue weighted by Gasteiger charge is 2.31. The Labute approximate surface area is 164 Å². The van der Waals surface area contributed by atoms with E-state index in [2.05, 4.69) is 70.7 Å². The second-order valence-corrected chi connectivity index (χ2v) is 9.86. The summed E-state index contributed by atoms with van der Waals surface area (Å²) in [5.74, 6) is 0.444. The highest BCUT2D eigenvalue weighted by atomic mass is 16.3. The molecule has 2 heterocycles. The topological polar surface area (TPSA) is 36.4 Å². The number of nitrogens with zero attached hydrogens (tertiary/aromatic N) is 2. The number of benzene rings is 1. The molecule has 1 fully saturated rings. The summed E-state index contributed by atoms with van der Waals surface area (Å²) in [7, 11) is 0. The Morgan fingerprint density at radius 2 is 1.48 bits per heavy atom. The molecule has 0 unspecified atom stereocenters. The van der Waals surface area contributed by atoms with Crippen molar-refractivity contribution in [2.45, 2.75) is 71.3 Å². The van der Waals surface area contributed by atoms with Gasteiger partial charge in [-0.3, -0.25) is 9.88 Å². The van der Waals surface area contributed by atoms with E-state index in [0.29, 0.717) is 5.75 Å². The molecule has 3 nitrogen and oxygen atoms in total. The molecule has 27 heavy (non-hydrogen) atoms. The molecule has 2 aromatic rings. The van der Waals surface area contributed by atoms with Crippen molar-refractivity contribution < 1.29 is 5.11 Å². The summed E-state index contributed by atoms with van der Waals surface area (Å²) in [6, 6.07) is 10.7. The molecular formula is C24H34N2O. The van der Waals surface area contributed by atoms with Crippen molar-refractivity contribution in [3.8, 4) is 5.75 Å². The lowest BCUT2D eigenvalue weighted by atomic mass is 9.77. The maximum Gasteiger partial charge on any atom is 0.123 e. The minimum atomic E-state index is -0.125. The molecule has 146 valence electrons. The van der Waals surface area contributed by atoms with E-state index in [1.807, 2.05) is 12.3 Å². The maximum absolute atomic E-state index is 11.1. The molecule has 0 saturated carbocycles. The number of phenolic OH excluding ortho intramolecular Hbond substituents is 1. The predicted octanol–water partition coefficient (Wildman–Crippen LogP) is 5.57. The first kappa shape index (κ1) is 19.9. The zero-order valence-corrected chi connectivity index (χ0v) is 17.7. The van der Waals surface area contributed by atoms with Crippen LogP contribution in [0.15, 0.2) is 36.5 Å². The molecule has 3 rings (SSSR count). The van der Waals surface area contributed by atoms with Gasteiger partial charge < -0.3 is 5.11 Å². The Morgan fingerprint density at radius 1 is 0.926 bits per heavy atom. The lowest BCUT2D eigenvalue weighted by Gasteiger charge is -2.32. The SMILES string of the molecule is CC(C)(C)c1cc([C@H](c2ccccn2)N2CCCC2)cc(C(C)(C)C)c1O. The lowest BCUT2D eigenvalue weighted by molar-refractivity contribution is 0.275. The fraction of sp³-hybridized carbons (Fsp3) is 0.542. The highest BCUT2D eigenvalue weighted by Crippen LogP contribution is 2.42. The summed E-state index contributed by atoms with van der Waals surface area (Å²) in [6.45, 7) is 15.2. The van der Waals surface area contributed by atoms with Gasteiger partial charge in [0.2, 0.25) is 0 Å². The molecule has 1 aromatic heterocycles. The van der Waals surface area contributed by atoms with Crippen LogP contribution in [-0.2, 0) is 10.8 Å². The number of aromatic nitrogens is 1. The van der Waals surface area contributed by atoms with Gasteiger partial charge in [0.1, 0.15) is 5.75 Å².